The number of benzene rings is 1. The van der Waals surface area contributed by atoms with Gasteiger partial charge in [0.25, 0.3) is 0 Å². The van der Waals surface area contributed by atoms with Crippen LogP contribution in [0.2, 0.25) is 0 Å². The molecule has 2 heterocycles. The summed E-state index contributed by atoms with van der Waals surface area (Å²) in [4.78, 5) is 4.35. The van der Waals surface area contributed by atoms with Gasteiger partial charge in [0.15, 0.2) is 9.84 Å². The van der Waals surface area contributed by atoms with Crippen LogP contribution in [0.25, 0.3) is 15.9 Å². The molecule has 0 aliphatic carbocycles. The molecule has 0 unspecified atom stereocenters. The highest BCUT2D eigenvalue weighted by Crippen LogP contribution is 2.28. The Bertz CT molecular complexity index is 864. The van der Waals surface area contributed by atoms with E-state index in [-0.39, 0.29) is 4.90 Å². The van der Waals surface area contributed by atoms with E-state index in [0.717, 1.165) is 11.0 Å². The molecule has 98 valence electrons. The van der Waals surface area contributed by atoms with Crippen molar-refractivity contribution in [3.8, 4) is 5.69 Å². The monoisotopic (exact) mass is 294 g/mol. The van der Waals surface area contributed by atoms with E-state index in [1.165, 1.54) is 28.4 Å². The quantitative estimate of drug-likeness (QED) is 0.723. The molecule has 0 radical (unpaired) electrons. The van der Waals surface area contributed by atoms with Gasteiger partial charge in [0.05, 0.1) is 27.8 Å². The van der Waals surface area contributed by atoms with E-state index >= 15 is 0 Å². The summed E-state index contributed by atoms with van der Waals surface area (Å²) in [7, 11) is -3.27. The molecule has 8 heteroatoms. The fourth-order valence-corrected chi connectivity index (χ4v) is 2.99. The molecular weight excluding hydrogens is 284 g/mol. The highest BCUT2D eigenvalue weighted by atomic mass is 32.2. The van der Waals surface area contributed by atoms with Crippen molar-refractivity contribution in [3.63, 3.8) is 0 Å². The molecule has 19 heavy (non-hydrogen) atoms. The van der Waals surface area contributed by atoms with Crippen LogP contribution in [-0.2, 0) is 9.84 Å². The summed E-state index contributed by atoms with van der Waals surface area (Å²) in [6.45, 7) is 0. The number of nitrogen functional groups attached to an aromatic ring is 1. The van der Waals surface area contributed by atoms with Crippen LogP contribution in [0.3, 0.4) is 0 Å². The third-order valence-electron chi connectivity index (χ3n) is 2.75. The van der Waals surface area contributed by atoms with E-state index in [1.807, 2.05) is 6.07 Å². The number of nitrogens with zero attached hydrogens (tertiary/aromatic N) is 3. The Labute approximate surface area is 113 Å². The van der Waals surface area contributed by atoms with Crippen molar-refractivity contribution in [2.24, 2.45) is 0 Å². The Hall–Kier alpha value is -1.93. The Morgan fingerprint density at radius 2 is 2.16 bits per heavy atom. The lowest BCUT2D eigenvalue weighted by Crippen LogP contribution is -2.01. The minimum Gasteiger partial charge on any atom is -0.395 e. The van der Waals surface area contributed by atoms with Crippen molar-refractivity contribution in [1.82, 2.24) is 14.8 Å². The Balaban J connectivity index is 2.19. The second-order valence-electron chi connectivity index (χ2n) is 4.09. The number of sulfone groups is 1. The minimum absolute atomic E-state index is 0.158. The number of thiazole rings is 1. The largest absolute Gasteiger partial charge is 0.395 e. The molecule has 0 fully saturated rings. The summed E-state index contributed by atoms with van der Waals surface area (Å²) in [5.41, 5.74) is 9.58. The van der Waals surface area contributed by atoms with E-state index in [2.05, 4.69) is 10.1 Å². The molecule has 0 spiro atoms. The zero-order valence-corrected chi connectivity index (χ0v) is 11.6. The molecule has 1 aromatic carbocycles. The average Bonchev–Trinajstić information content (AvgIpc) is 2.96. The van der Waals surface area contributed by atoms with Gasteiger partial charge in [-0.25, -0.2) is 18.1 Å². The van der Waals surface area contributed by atoms with Crippen molar-refractivity contribution in [2.75, 3.05) is 12.0 Å². The van der Waals surface area contributed by atoms with Crippen LogP contribution >= 0.6 is 11.3 Å². The predicted molar refractivity (Wildman–Crippen MR) is 74.3 cm³/mol. The van der Waals surface area contributed by atoms with Gasteiger partial charge in [0, 0.05) is 12.5 Å². The molecule has 2 N–H and O–H groups in total. The van der Waals surface area contributed by atoms with Gasteiger partial charge in [0.1, 0.15) is 10.4 Å². The van der Waals surface area contributed by atoms with E-state index in [4.69, 9.17) is 5.73 Å². The van der Waals surface area contributed by atoms with Gasteiger partial charge in [-0.05, 0) is 12.1 Å². The number of aromatic nitrogens is 3. The van der Waals surface area contributed by atoms with Crippen molar-refractivity contribution in [3.05, 3.63) is 30.0 Å². The third kappa shape index (κ3) is 1.98. The van der Waals surface area contributed by atoms with Crippen molar-refractivity contribution in [1.29, 1.82) is 0 Å². The van der Waals surface area contributed by atoms with E-state index in [1.54, 1.807) is 11.6 Å². The topological polar surface area (TPSA) is 90.9 Å². The van der Waals surface area contributed by atoms with Crippen LogP contribution in [-0.4, -0.2) is 29.4 Å². The molecule has 3 rings (SSSR count). The van der Waals surface area contributed by atoms with Crippen LogP contribution in [0.5, 0.6) is 0 Å². The van der Waals surface area contributed by atoms with Crippen molar-refractivity contribution < 1.29 is 8.42 Å². The Morgan fingerprint density at radius 1 is 1.37 bits per heavy atom. The fourth-order valence-electron chi connectivity index (χ4n) is 1.77. The maximum atomic E-state index is 11.4. The second-order valence-corrected chi connectivity index (χ2v) is 6.99. The van der Waals surface area contributed by atoms with Gasteiger partial charge < -0.3 is 5.73 Å². The third-order valence-corrected chi connectivity index (χ3v) is 4.61. The van der Waals surface area contributed by atoms with E-state index in [9.17, 15) is 8.42 Å². The Kier molecular flexibility index (Phi) is 2.58. The molecule has 0 saturated carbocycles. The summed E-state index contributed by atoms with van der Waals surface area (Å²) in [6, 6.07) is 3.69. The van der Waals surface area contributed by atoms with Crippen LogP contribution in [0.1, 0.15) is 0 Å². The van der Waals surface area contributed by atoms with Crippen LogP contribution in [0.4, 0.5) is 5.69 Å². The van der Waals surface area contributed by atoms with E-state index in [0.29, 0.717) is 16.9 Å². The van der Waals surface area contributed by atoms with Crippen LogP contribution < -0.4 is 5.73 Å². The van der Waals surface area contributed by atoms with Crippen molar-refractivity contribution >= 4 is 37.1 Å². The summed E-state index contributed by atoms with van der Waals surface area (Å²) in [5.74, 6) is 0. The number of hydrogen-bond donors (Lipinski definition) is 1. The molecule has 2 aromatic heterocycles. The molecular formula is C11H10N4O2S2. The molecule has 0 aliphatic heterocycles. The highest BCUT2D eigenvalue weighted by molar-refractivity contribution is 7.90. The van der Waals surface area contributed by atoms with Gasteiger partial charge in [-0.15, -0.1) is 11.3 Å². The van der Waals surface area contributed by atoms with Gasteiger partial charge >= 0.3 is 0 Å². The lowest BCUT2D eigenvalue weighted by atomic mass is 10.2. The van der Waals surface area contributed by atoms with Gasteiger partial charge in [-0.1, -0.05) is 0 Å². The van der Waals surface area contributed by atoms with Crippen LogP contribution in [0.15, 0.2) is 34.9 Å². The zero-order chi connectivity index (χ0) is 13.6. The van der Waals surface area contributed by atoms with E-state index < -0.39 is 9.84 Å². The highest BCUT2D eigenvalue weighted by Gasteiger charge is 2.13. The molecule has 0 saturated heterocycles. The SMILES string of the molecule is CS(=O)(=O)c1cnn(-c2ccc3scnc3c2N)c1. The average molecular weight is 294 g/mol. The first kappa shape index (κ1) is 12.1. The number of hydrogen-bond acceptors (Lipinski definition) is 6. The lowest BCUT2D eigenvalue weighted by Gasteiger charge is -2.05. The Morgan fingerprint density at radius 3 is 2.84 bits per heavy atom. The minimum atomic E-state index is -3.27. The molecule has 6 nitrogen and oxygen atoms in total. The second kappa shape index (κ2) is 4.04. The van der Waals surface area contributed by atoms with Gasteiger partial charge in [-0.3, -0.25) is 0 Å². The fraction of sp³-hybridized carbons (Fsp3) is 0.0909. The number of fused-ring (bicyclic) bond motifs is 1. The normalized spacial score (nSPS) is 12.1. The zero-order valence-electron chi connectivity index (χ0n) is 9.94. The van der Waals surface area contributed by atoms with Crippen LogP contribution in [0, 0.1) is 0 Å². The first-order valence-corrected chi connectivity index (χ1v) is 8.11. The smallest absolute Gasteiger partial charge is 0.178 e. The maximum absolute atomic E-state index is 11.4. The molecule has 0 bridgehead atoms. The first-order valence-electron chi connectivity index (χ1n) is 5.33. The maximum Gasteiger partial charge on any atom is 0.178 e. The number of rotatable bonds is 2. The van der Waals surface area contributed by atoms with Gasteiger partial charge in [0.2, 0.25) is 0 Å². The lowest BCUT2D eigenvalue weighted by molar-refractivity contribution is 0.602. The molecule has 3 aromatic rings. The van der Waals surface area contributed by atoms with Crippen molar-refractivity contribution in [2.45, 2.75) is 4.90 Å². The molecule has 0 aliphatic rings. The summed E-state index contributed by atoms with van der Waals surface area (Å²) in [6.07, 6.45) is 3.89. The summed E-state index contributed by atoms with van der Waals surface area (Å²) in [5, 5.41) is 4.04. The number of nitrogens with two attached hydrogens (primary N) is 1. The summed E-state index contributed by atoms with van der Waals surface area (Å²) < 4.78 is 25.3. The standard InChI is InChI=1S/C11H10N4O2S2/c1-19(16,17)7-4-14-15(5-7)8-2-3-9-11(10(8)12)13-6-18-9/h2-6H,12H2,1H3. The summed E-state index contributed by atoms with van der Waals surface area (Å²) >= 11 is 1.50. The predicted octanol–water partition coefficient (Wildman–Crippen LogP) is 1.47. The first-order chi connectivity index (χ1) is 8.97. The number of anilines is 1. The molecule has 0 amide bonds. The van der Waals surface area contributed by atoms with Gasteiger partial charge in [-0.2, -0.15) is 5.10 Å². The molecule has 0 atom stereocenters.